The molecule has 2 aromatic rings. The molecule has 0 atom stereocenters. The number of aromatic hydroxyl groups is 1. The number of hydrogen-bond acceptors (Lipinski definition) is 2. The maximum atomic E-state index is 10.7. The minimum atomic E-state index is 0.216. The molecule has 3 heteroatoms. The molecule has 0 aliphatic rings. The minimum Gasteiger partial charge on any atom is -0.508 e. The van der Waals surface area contributed by atoms with Crippen LogP contribution in [0.4, 0.5) is 0 Å². The smallest absolute Gasteiger partial charge is 0.151 e. The molecule has 0 bridgehead atoms. The van der Waals surface area contributed by atoms with E-state index in [2.05, 4.69) is 0 Å². The van der Waals surface area contributed by atoms with Crippen LogP contribution < -0.4 is 0 Å². The number of phenols is 1. The molecule has 0 fully saturated rings. The highest BCUT2D eigenvalue weighted by atomic mass is 35.5. The molecule has 0 amide bonds. The van der Waals surface area contributed by atoms with Crippen LogP contribution in [0.15, 0.2) is 42.5 Å². The fourth-order valence-corrected chi connectivity index (χ4v) is 1.63. The summed E-state index contributed by atoms with van der Waals surface area (Å²) >= 11 is 5.84. The molecule has 1 N–H and O–H groups in total. The van der Waals surface area contributed by atoms with Crippen molar-refractivity contribution in [2.45, 2.75) is 0 Å². The standard InChI is InChI=1S/C13H9ClO2/c14-13-6-3-10(7-11(13)8-15)9-1-4-12(16)5-2-9/h1-8,16H. The molecule has 0 aliphatic heterocycles. The number of carbonyl (C=O) groups excluding carboxylic acids is 1. The lowest BCUT2D eigenvalue weighted by Crippen LogP contribution is -1.84. The van der Waals surface area contributed by atoms with Crippen molar-refractivity contribution in [2.24, 2.45) is 0 Å². The Labute approximate surface area is 98.1 Å². The van der Waals surface area contributed by atoms with Gasteiger partial charge in [-0.2, -0.15) is 0 Å². The van der Waals surface area contributed by atoms with Gasteiger partial charge < -0.3 is 5.11 Å². The number of aldehydes is 1. The summed E-state index contributed by atoms with van der Waals surface area (Å²) in [4.78, 5) is 10.7. The van der Waals surface area contributed by atoms with E-state index < -0.39 is 0 Å². The van der Waals surface area contributed by atoms with Crippen LogP contribution in [0, 0.1) is 0 Å². The van der Waals surface area contributed by atoms with E-state index in [1.165, 1.54) is 0 Å². The Morgan fingerprint density at radius 3 is 2.25 bits per heavy atom. The van der Waals surface area contributed by atoms with Crippen LogP contribution in [-0.4, -0.2) is 11.4 Å². The van der Waals surface area contributed by atoms with Crippen molar-refractivity contribution in [1.82, 2.24) is 0 Å². The summed E-state index contributed by atoms with van der Waals surface area (Å²) < 4.78 is 0. The highest BCUT2D eigenvalue weighted by Crippen LogP contribution is 2.25. The zero-order valence-electron chi connectivity index (χ0n) is 8.35. The van der Waals surface area contributed by atoms with Crippen LogP contribution in [0.1, 0.15) is 10.4 Å². The highest BCUT2D eigenvalue weighted by Gasteiger charge is 2.03. The normalized spacial score (nSPS) is 10.1. The van der Waals surface area contributed by atoms with Gasteiger partial charge in [-0.1, -0.05) is 29.8 Å². The number of halogens is 1. The van der Waals surface area contributed by atoms with Gasteiger partial charge in [0.1, 0.15) is 5.75 Å². The van der Waals surface area contributed by atoms with Gasteiger partial charge in [0, 0.05) is 5.56 Å². The van der Waals surface area contributed by atoms with Crippen LogP contribution in [0.3, 0.4) is 0 Å². The number of benzene rings is 2. The minimum absolute atomic E-state index is 0.216. The van der Waals surface area contributed by atoms with Crippen molar-refractivity contribution in [1.29, 1.82) is 0 Å². The molecule has 0 heterocycles. The van der Waals surface area contributed by atoms with Crippen LogP contribution in [-0.2, 0) is 0 Å². The van der Waals surface area contributed by atoms with E-state index >= 15 is 0 Å². The average molecular weight is 233 g/mol. The lowest BCUT2D eigenvalue weighted by atomic mass is 10.0. The third kappa shape index (κ3) is 2.07. The Kier molecular flexibility index (Phi) is 2.93. The first kappa shape index (κ1) is 10.7. The zero-order chi connectivity index (χ0) is 11.5. The van der Waals surface area contributed by atoms with E-state index in [1.807, 2.05) is 6.07 Å². The maximum absolute atomic E-state index is 10.7. The lowest BCUT2D eigenvalue weighted by Gasteiger charge is -2.04. The second kappa shape index (κ2) is 4.37. The molecule has 2 nitrogen and oxygen atoms in total. The van der Waals surface area contributed by atoms with Gasteiger partial charge in [-0.3, -0.25) is 4.79 Å². The van der Waals surface area contributed by atoms with Crippen LogP contribution in [0.25, 0.3) is 11.1 Å². The highest BCUT2D eigenvalue weighted by molar-refractivity contribution is 6.33. The SMILES string of the molecule is O=Cc1cc(-c2ccc(O)cc2)ccc1Cl. The lowest BCUT2D eigenvalue weighted by molar-refractivity contribution is 0.112. The largest absolute Gasteiger partial charge is 0.508 e. The van der Waals surface area contributed by atoms with Gasteiger partial charge >= 0.3 is 0 Å². The van der Waals surface area contributed by atoms with Crippen LogP contribution in [0.2, 0.25) is 5.02 Å². The molecule has 0 aliphatic carbocycles. The first-order valence-corrected chi connectivity index (χ1v) is 5.12. The quantitative estimate of drug-likeness (QED) is 0.805. The molecule has 80 valence electrons. The van der Waals surface area contributed by atoms with Gasteiger partial charge in [0.25, 0.3) is 0 Å². The van der Waals surface area contributed by atoms with Crippen molar-refractivity contribution >= 4 is 17.9 Å². The summed E-state index contributed by atoms with van der Waals surface area (Å²) in [6, 6.07) is 12.0. The number of rotatable bonds is 2. The van der Waals surface area contributed by atoms with E-state index in [9.17, 15) is 9.90 Å². The Morgan fingerprint density at radius 2 is 1.62 bits per heavy atom. The van der Waals surface area contributed by atoms with Gasteiger partial charge in [0.2, 0.25) is 0 Å². The van der Waals surface area contributed by atoms with Crippen molar-refractivity contribution < 1.29 is 9.90 Å². The van der Waals surface area contributed by atoms with Gasteiger partial charge in [-0.15, -0.1) is 0 Å². The zero-order valence-corrected chi connectivity index (χ0v) is 9.11. The predicted octanol–water partition coefficient (Wildman–Crippen LogP) is 3.53. The molecule has 0 aromatic heterocycles. The van der Waals surface area contributed by atoms with Gasteiger partial charge in [0.05, 0.1) is 5.02 Å². The molecule has 16 heavy (non-hydrogen) atoms. The predicted molar refractivity (Wildman–Crippen MR) is 63.9 cm³/mol. The molecular formula is C13H9ClO2. The summed E-state index contributed by atoms with van der Waals surface area (Å²) in [6.45, 7) is 0. The Hall–Kier alpha value is -1.80. The van der Waals surface area contributed by atoms with Crippen molar-refractivity contribution in [2.75, 3.05) is 0 Å². The molecule has 2 aromatic carbocycles. The van der Waals surface area contributed by atoms with E-state index in [4.69, 9.17) is 11.6 Å². The summed E-state index contributed by atoms with van der Waals surface area (Å²) in [6.07, 6.45) is 0.728. The first-order chi connectivity index (χ1) is 7.70. The topological polar surface area (TPSA) is 37.3 Å². The molecular weight excluding hydrogens is 224 g/mol. The summed E-state index contributed by atoms with van der Waals surface area (Å²) in [5.74, 6) is 0.216. The molecule has 2 rings (SSSR count). The first-order valence-electron chi connectivity index (χ1n) is 4.75. The Morgan fingerprint density at radius 1 is 1.00 bits per heavy atom. The summed E-state index contributed by atoms with van der Waals surface area (Å²) in [5, 5.41) is 9.61. The molecule has 0 saturated heterocycles. The third-order valence-corrected chi connectivity index (χ3v) is 2.67. The fraction of sp³-hybridized carbons (Fsp3) is 0. The molecule has 0 radical (unpaired) electrons. The number of carbonyl (C=O) groups is 1. The molecule has 0 spiro atoms. The van der Waals surface area contributed by atoms with Gasteiger partial charge in [-0.25, -0.2) is 0 Å². The Bertz CT molecular complexity index is 518. The second-order valence-corrected chi connectivity index (χ2v) is 3.81. The van der Waals surface area contributed by atoms with E-state index in [-0.39, 0.29) is 5.75 Å². The van der Waals surface area contributed by atoms with Crippen LogP contribution in [0.5, 0.6) is 5.75 Å². The molecule has 0 saturated carbocycles. The maximum Gasteiger partial charge on any atom is 0.151 e. The van der Waals surface area contributed by atoms with Crippen molar-refractivity contribution in [3.63, 3.8) is 0 Å². The van der Waals surface area contributed by atoms with Gasteiger partial charge in [-0.05, 0) is 35.4 Å². The Balaban J connectivity index is 2.48. The van der Waals surface area contributed by atoms with Crippen LogP contribution >= 0.6 is 11.6 Å². The van der Waals surface area contributed by atoms with E-state index in [0.29, 0.717) is 10.6 Å². The number of hydrogen-bond donors (Lipinski definition) is 1. The number of phenolic OH excluding ortho intramolecular Hbond substituents is 1. The monoisotopic (exact) mass is 232 g/mol. The second-order valence-electron chi connectivity index (χ2n) is 3.40. The summed E-state index contributed by atoms with van der Waals surface area (Å²) in [5.41, 5.74) is 2.29. The van der Waals surface area contributed by atoms with Crippen molar-refractivity contribution in [3.05, 3.63) is 53.1 Å². The fourth-order valence-electron chi connectivity index (χ4n) is 1.47. The van der Waals surface area contributed by atoms with Crippen molar-refractivity contribution in [3.8, 4) is 16.9 Å². The van der Waals surface area contributed by atoms with Gasteiger partial charge in [0.15, 0.2) is 6.29 Å². The third-order valence-electron chi connectivity index (χ3n) is 2.32. The van der Waals surface area contributed by atoms with E-state index in [1.54, 1.807) is 36.4 Å². The summed E-state index contributed by atoms with van der Waals surface area (Å²) in [7, 11) is 0. The average Bonchev–Trinajstić information content (AvgIpc) is 2.31. The van der Waals surface area contributed by atoms with E-state index in [0.717, 1.165) is 17.4 Å². The molecule has 0 unspecified atom stereocenters.